The second kappa shape index (κ2) is 9.37. The molecule has 0 radical (unpaired) electrons. The maximum Gasteiger partial charge on any atom is 0.241 e. The van der Waals surface area contributed by atoms with Crippen LogP contribution in [0.5, 0.6) is 0 Å². The third-order valence-electron chi connectivity index (χ3n) is 6.21. The third-order valence-corrected chi connectivity index (χ3v) is 13.5. The SMILES string of the molecule is CC1C=C(O[Si](C)(C)C)CCC1(C#C[Si](C(C)C)(C(C)C)C(C)C)C=CCl. The maximum atomic E-state index is 6.28. The van der Waals surface area contributed by atoms with Crippen LogP contribution in [0.1, 0.15) is 61.3 Å². The second-order valence-corrected chi connectivity index (χ2v) is 20.4. The third kappa shape index (κ3) is 5.78. The van der Waals surface area contributed by atoms with Crippen molar-refractivity contribution in [3.05, 3.63) is 23.4 Å². The van der Waals surface area contributed by atoms with Crippen LogP contribution in [0.2, 0.25) is 36.3 Å². The molecular weight excluding hydrogens is 384 g/mol. The van der Waals surface area contributed by atoms with Crippen LogP contribution >= 0.6 is 11.6 Å². The fourth-order valence-corrected chi connectivity index (χ4v) is 11.3. The van der Waals surface area contributed by atoms with E-state index < -0.39 is 16.4 Å². The first-order chi connectivity index (χ1) is 12.3. The normalized spacial score (nSPS) is 24.4. The Bertz CT molecular complexity index is 595. The standard InChI is InChI=1S/C23H41ClOSi2/c1-18(2)27(19(3)4,20(5)6)16-14-23(13-15-24)12-11-22(17-21(23)7)25-26(8,9)10/h13,15,17-21H,11-12H2,1-10H3. The number of allylic oxidation sites excluding steroid dienone is 3. The van der Waals surface area contributed by atoms with Gasteiger partial charge in [-0.3, -0.25) is 0 Å². The summed E-state index contributed by atoms with van der Waals surface area (Å²) in [5.41, 5.74) is 7.36. The van der Waals surface area contributed by atoms with Crippen LogP contribution in [0.4, 0.5) is 0 Å². The predicted octanol–water partition coefficient (Wildman–Crippen LogP) is 8.11. The number of halogens is 1. The van der Waals surface area contributed by atoms with Gasteiger partial charge in [-0.2, -0.15) is 0 Å². The fraction of sp³-hybridized carbons (Fsp3) is 0.739. The van der Waals surface area contributed by atoms with Crippen LogP contribution in [-0.4, -0.2) is 16.4 Å². The Morgan fingerprint density at radius 2 is 1.63 bits per heavy atom. The molecule has 0 saturated heterocycles. The molecule has 1 nitrogen and oxygen atoms in total. The van der Waals surface area contributed by atoms with Crippen molar-refractivity contribution in [2.75, 3.05) is 0 Å². The lowest BCUT2D eigenvalue weighted by Gasteiger charge is -2.40. The monoisotopic (exact) mass is 424 g/mol. The van der Waals surface area contributed by atoms with E-state index in [1.54, 1.807) is 5.54 Å². The lowest BCUT2D eigenvalue weighted by Crippen LogP contribution is -2.44. The molecule has 2 unspecified atom stereocenters. The lowest BCUT2D eigenvalue weighted by atomic mass is 9.70. The van der Waals surface area contributed by atoms with Crippen LogP contribution in [0, 0.1) is 22.8 Å². The average Bonchev–Trinajstić information content (AvgIpc) is 2.49. The molecule has 0 amide bonds. The van der Waals surface area contributed by atoms with Crippen molar-refractivity contribution >= 4 is 28.0 Å². The van der Waals surface area contributed by atoms with Crippen molar-refractivity contribution < 1.29 is 4.43 Å². The van der Waals surface area contributed by atoms with Crippen LogP contribution < -0.4 is 0 Å². The fourth-order valence-electron chi connectivity index (χ4n) is 4.77. The van der Waals surface area contributed by atoms with Gasteiger partial charge in [-0.15, -0.1) is 5.54 Å². The van der Waals surface area contributed by atoms with Gasteiger partial charge in [0.1, 0.15) is 8.07 Å². The van der Waals surface area contributed by atoms with Crippen molar-refractivity contribution in [3.8, 4) is 11.5 Å². The van der Waals surface area contributed by atoms with E-state index >= 15 is 0 Å². The highest BCUT2D eigenvalue weighted by Crippen LogP contribution is 2.44. The summed E-state index contributed by atoms with van der Waals surface area (Å²) >= 11 is 6.09. The van der Waals surface area contributed by atoms with Gasteiger partial charge in [0.15, 0.2) is 0 Å². The Balaban J connectivity index is 3.38. The molecule has 2 atom stereocenters. The van der Waals surface area contributed by atoms with Crippen molar-refractivity contribution in [2.45, 2.75) is 97.6 Å². The van der Waals surface area contributed by atoms with Gasteiger partial charge >= 0.3 is 0 Å². The molecule has 4 heteroatoms. The smallest absolute Gasteiger partial charge is 0.241 e. The van der Waals surface area contributed by atoms with Gasteiger partial charge in [0.05, 0.1) is 11.2 Å². The topological polar surface area (TPSA) is 9.23 Å². The summed E-state index contributed by atoms with van der Waals surface area (Å²) in [5, 5.41) is 0. The van der Waals surface area contributed by atoms with E-state index in [0.29, 0.717) is 22.5 Å². The molecule has 0 aromatic carbocycles. The van der Waals surface area contributed by atoms with E-state index in [0.717, 1.165) is 18.6 Å². The highest BCUT2D eigenvalue weighted by atomic mass is 35.5. The van der Waals surface area contributed by atoms with E-state index in [1.165, 1.54) is 0 Å². The van der Waals surface area contributed by atoms with E-state index in [-0.39, 0.29) is 5.41 Å². The minimum atomic E-state index is -1.76. The maximum absolute atomic E-state index is 6.28. The predicted molar refractivity (Wildman–Crippen MR) is 127 cm³/mol. The Morgan fingerprint density at radius 3 is 2.00 bits per heavy atom. The molecule has 1 rings (SSSR count). The molecule has 154 valence electrons. The zero-order valence-corrected chi connectivity index (χ0v) is 22.0. The largest absolute Gasteiger partial charge is 0.548 e. The zero-order valence-electron chi connectivity index (χ0n) is 19.2. The molecule has 0 aliphatic heterocycles. The summed E-state index contributed by atoms with van der Waals surface area (Å²) in [4.78, 5) is 0. The molecule has 27 heavy (non-hydrogen) atoms. The van der Waals surface area contributed by atoms with Crippen molar-refractivity contribution in [2.24, 2.45) is 11.3 Å². The molecule has 0 spiro atoms. The molecule has 0 fully saturated rings. The van der Waals surface area contributed by atoms with Crippen LogP contribution in [0.15, 0.2) is 23.4 Å². The van der Waals surface area contributed by atoms with Gasteiger partial charge < -0.3 is 4.43 Å². The molecule has 0 saturated carbocycles. The molecule has 0 heterocycles. The molecule has 0 aromatic rings. The Labute approximate surface area is 176 Å². The molecule has 1 aliphatic rings. The molecule has 0 bridgehead atoms. The minimum Gasteiger partial charge on any atom is -0.548 e. The van der Waals surface area contributed by atoms with Gasteiger partial charge in [0.25, 0.3) is 0 Å². The highest BCUT2D eigenvalue weighted by Gasteiger charge is 2.43. The quantitative estimate of drug-likeness (QED) is 0.309. The van der Waals surface area contributed by atoms with Gasteiger partial charge in [-0.25, -0.2) is 0 Å². The number of hydrogen-bond donors (Lipinski definition) is 0. The first kappa shape index (κ1) is 24.6. The van der Waals surface area contributed by atoms with Gasteiger partial charge in [-0.05, 0) is 54.7 Å². The van der Waals surface area contributed by atoms with Crippen molar-refractivity contribution in [1.82, 2.24) is 0 Å². The summed E-state index contributed by atoms with van der Waals surface area (Å²) in [7, 11) is -3.33. The van der Waals surface area contributed by atoms with E-state index in [2.05, 4.69) is 91.7 Å². The highest BCUT2D eigenvalue weighted by molar-refractivity contribution is 6.90. The summed E-state index contributed by atoms with van der Waals surface area (Å²) < 4.78 is 6.28. The summed E-state index contributed by atoms with van der Waals surface area (Å²) in [5.74, 6) is 5.26. The van der Waals surface area contributed by atoms with E-state index in [1.807, 2.05) is 0 Å². The number of rotatable bonds is 6. The van der Waals surface area contributed by atoms with Crippen LogP contribution in [0.25, 0.3) is 0 Å². The van der Waals surface area contributed by atoms with Crippen molar-refractivity contribution in [3.63, 3.8) is 0 Å². The lowest BCUT2D eigenvalue weighted by molar-refractivity contribution is 0.287. The van der Waals surface area contributed by atoms with E-state index in [9.17, 15) is 0 Å². The first-order valence-electron chi connectivity index (χ1n) is 10.5. The Kier molecular flexibility index (Phi) is 8.54. The van der Waals surface area contributed by atoms with E-state index in [4.69, 9.17) is 16.0 Å². The molecule has 0 N–H and O–H groups in total. The Morgan fingerprint density at radius 1 is 1.11 bits per heavy atom. The molecule has 0 aromatic heterocycles. The van der Waals surface area contributed by atoms with Crippen LogP contribution in [0.3, 0.4) is 0 Å². The molecule has 1 aliphatic carbocycles. The van der Waals surface area contributed by atoms with Crippen LogP contribution in [-0.2, 0) is 4.43 Å². The molecular formula is C23H41ClOSi2. The summed E-state index contributed by atoms with van der Waals surface area (Å²) in [6.45, 7) is 23.2. The first-order valence-corrected chi connectivity index (χ1v) is 16.6. The number of hydrogen-bond acceptors (Lipinski definition) is 1. The van der Waals surface area contributed by atoms with Crippen molar-refractivity contribution in [1.29, 1.82) is 0 Å². The second-order valence-electron chi connectivity index (χ2n) is 10.1. The van der Waals surface area contributed by atoms with Gasteiger partial charge in [0.2, 0.25) is 8.32 Å². The Hall–Kier alpha value is -0.436. The minimum absolute atomic E-state index is 0.176. The summed E-state index contributed by atoms with van der Waals surface area (Å²) in [6, 6.07) is 0. The van der Waals surface area contributed by atoms with Gasteiger partial charge in [0, 0.05) is 12.0 Å². The summed E-state index contributed by atoms with van der Waals surface area (Å²) in [6.07, 6.45) is 6.37. The average molecular weight is 425 g/mol. The van der Waals surface area contributed by atoms with Gasteiger partial charge in [-0.1, -0.05) is 72.1 Å². The zero-order chi connectivity index (χ0) is 21.0.